The highest BCUT2D eigenvalue weighted by atomic mass is 19.1. The third-order valence-electron chi connectivity index (χ3n) is 2.93. The Balaban J connectivity index is 2.45. The fourth-order valence-electron chi connectivity index (χ4n) is 2.08. The second kappa shape index (κ2) is 4.49. The van der Waals surface area contributed by atoms with Crippen LogP contribution in [0.5, 0.6) is 0 Å². The maximum absolute atomic E-state index is 13.1. The predicted molar refractivity (Wildman–Crippen MR) is 65.3 cm³/mol. The molecule has 0 bridgehead atoms. The molecule has 0 aliphatic heterocycles. The average Bonchev–Trinajstić information content (AvgIpc) is 2.55. The van der Waals surface area contributed by atoms with E-state index in [9.17, 15) is 9.50 Å². The first-order chi connectivity index (χ1) is 7.99. The van der Waals surface area contributed by atoms with Crippen molar-refractivity contribution in [3.8, 4) is 0 Å². The SMILES string of the molecule is Cc1c(C(O)CC(C)C)oc2ccc(F)cc12. The van der Waals surface area contributed by atoms with Gasteiger partial charge >= 0.3 is 0 Å². The minimum atomic E-state index is -0.620. The van der Waals surface area contributed by atoms with Crippen LogP contribution in [0.1, 0.15) is 37.7 Å². The lowest BCUT2D eigenvalue weighted by atomic mass is 10.0. The summed E-state index contributed by atoms with van der Waals surface area (Å²) in [6, 6.07) is 4.41. The van der Waals surface area contributed by atoms with Crippen molar-refractivity contribution in [1.29, 1.82) is 0 Å². The number of fused-ring (bicyclic) bond motifs is 1. The van der Waals surface area contributed by atoms with Gasteiger partial charge in [0.25, 0.3) is 0 Å². The van der Waals surface area contributed by atoms with E-state index in [0.29, 0.717) is 23.7 Å². The van der Waals surface area contributed by atoms with Crippen LogP contribution < -0.4 is 0 Å². The fourth-order valence-corrected chi connectivity index (χ4v) is 2.08. The van der Waals surface area contributed by atoms with Crippen LogP contribution in [0.2, 0.25) is 0 Å². The summed E-state index contributed by atoms with van der Waals surface area (Å²) >= 11 is 0. The topological polar surface area (TPSA) is 33.4 Å². The van der Waals surface area contributed by atoms with Crippen molar-refractivity contribution in [3.63, 3.8) is 0 Å². The Labute approximate surface area is 100 Å². The van der Waals surface area contributed by atoms with Crippen LogP contribution in [-0.4, -0.2) is 5.11 Å². The van der Waals surface area contributed by atoms with Crippen LogP contribution in [0.25, 0.3) is 11.0 Å². The van der Waals surface area contributed by atoms with Gasteiger partial charge in [0.15, 0.2) is 0 Å². The summed E-state index contributed by atoms with van der Waals surface area (Å²) in [7, 11) is 0. The molecule has 1 unspecified atom stereocenters. The molecular weight excluding hydrogens is 219 g/mol. The molecule has 1 heterocycles. The lowest BCUT2D eigenvalue weighted by Gasteiger charge is -2.11. The molecule has 92 valence electrons. The number of hydrogen-bond acceptors (Lipinski definition) is 2. The van der Waals surface area contributed by atoms with E-state index in [2.05, 4.69) is 0 Å². The van der Waals surface area contributed by atoms with Crippen LogP contribution in [0, 0.1) is 18.7 Å². The standard InChI is InChI=1S/C14H17FO2/c1-8(2)6-12(16)14-9(3)11-7-10(15)4-5-13(11)17-14/h4-5,7-8,12,16H,6H2,1-3H3. The van der Waals surface area contributed by atoms with E-state index in [4.69, 9.17) is 4.42 Å². The van der Waals surface area contributed by atoms with Gasteiger partial charge in [0.2, 0.25) is 0 Å². The van der Waals surface area contributed by atoms with Crippen LogP contribution >= 0.6 is 0 Å². The number of aryl methyl sites for hydroxylation is 1. The number of hydrogen-bond donors (Lipinski definition) is 1. The summed E-state index contributed by atoms with van der Waals surface area (Å²) in [6.45, 7) is 5.94. The molecular formula is C14H17FO2. The second-order valence-electron chi connectivity index (χ2n) is 4.88. The molecule has 0 radical (unpaired) electrons. The molecule has 0 saturated heterocycles. The van der Waals surface area contributed by atoms with E-state index < -0.39 is 6.10 Å². The van der Waals surface area contributed by atoms with E-state index in [-0.39, 0.29) is 5.82 Å². The predicted octanol–water partition coefficient (Wildman–Crippen LogP) is 3.96. The minimum Gasteiger partial charge on any atom is -0.458 e. The number of aliphatic hydroxyl groups excluding tert-OH is 1. The molecule has 2 nitrogen and oxygen atoms in total. The number of aliphatic hydroxyl groups is 1. The molecule has 3 heteroatoms. The highest BCUT2D eigenvalue weighted by molar-refractivity contribution is 5.82. The number of benzene rings is 1. The van der Waals surface area contributed by atoms with Gasteiger partial charge in [-0.15, -0.1) is 0 Å². The molecule has 1 N–H and O–H groups in total. The minimum absolute atomic E-state index is 0.286. The van der Waals surface area contributed by atoms with Gasteiger partial charge < -0.3 is 9.52 Å². The largest absolute Gasteiger partial charge is 0.458 e. The fraction of sp³-hybridized carbons (Fsp3) is 0.429. The van der Waals surface area contributed by atoms with Crippen LogP contribution in [-0.2, 0) is 0 Å². The zero-order chi connectivity index (χ0) is 12.6. The molecule has 1 atom stereocenters. The van der Waals surface area contributed by atoms with E-state index in [1.165, 1.54) is 12.1 Å². The van der Waals surface area contributed by atoms with Crippen molar-refractivity contribution in [2.24, 2.45) is 5.92 Å². The van der Waals surface area contributed by atoms with Crippen LogP contribution in [0.3, 0.4) is 0 Å². The first-order valence-corrected chi connectivity index (χ1v) is 5.85. The summed E-state index contributed by atoms with van der Waals surface area (Å²) in [6.07, 6.45) is 0.0221. The molecule has 1 aromatic heterocycles. The van der Waals surface area contributed by atoms with Crippen LogP contribution in [0.4, 0.5) is 4.39 Å². The van der Waals surface area contributed by atoms with Gasteiger partial charge in [-0.3, -0.25) is 0 Å². The number of rotatable bonds is 3. The third kappa shape index (κ3) is 2.34. The van der Waals surface area contributed by atoms with Gasteiger partial charge in [-0.1, -0.05) is 13.8 Å². The summed E-state index contributed by atoms with van der Waals surface area (Å²) in [4.78, 5) is 0. The maximum Gasteiger partial charge on any atom is 0.136 e. The zero-order valence-corrected chi connectivity index (χ0v) is 10.3. The van der Waals surface area contributed by atoms with E-state index in [1.807, 2.05) is 20.8 Å². The van der Waals surface area contributed by atoms with Gasteiger partial charge in [0, 0.05) is 10.9 Å². The molecule has 17 heavy (non-hydrogen) atoms. The molecule has 0 amide bonds. The van der Waals surface area contributed by atoms with Gasteiger partial charge in [0.1, 0.15) is 23.3 Å². The van der Waals surface area contributed by atoms with Crippen molar-refractivity contribution in [1.82, 2.24) is 0 Å². The van der Waals surface area contributed by atoms with E-state index >= 15 is 0 Å². The first kappa shape index (κ1) is 12.1. The summed E-state index contributed by atoms with van der Waals surface area (Å²) in [5.74, 6) is 0.653. The lowest BCUT2D eigenvalue weighted by Crippen LogP contribution is -2.01. The molecule has 0 fully saturated rings. The lowest BCUT2D eigenvalue weighted by molar-refractivity contribution is 0.127. The van der Waals surface area contributed by atoms with E-state index in [1.54, 1.807) is 6.07 Å². The van der Waals surface area contributed by atoms with Gasteiger partial charge in [-0.05, 0) is 37.5 Å². The van der Waals surface area contributed by atoms with Crippen molar-refractivity contribution >= 4 is 11.0 Å². The molecule has 2 rings (SSSR count). The molecule has 2 aromatic rings. The molecule has 0 saturated carbocycles. The van der Waals surface area contributed by atoms with Crippen molar-refractivity contribution in [2.45, 2.75) is 33.3 Å². The number of halogens is 1. The molecule has 1 aromatic carbocycles. The van der Waals surface area contributed by atoms with Crippen molar-refractivity contribution in [2.75, 3.05) is 0 Å². The Bertz CT molecular complexity index is 528. The summed E-state index contributed by atoms with van der Waals surface area (Å²) in [5.41, 5.74) is 1.45. The Morgan fingerprint density at radius 1 is 1.35 bits per heavy atom. The summed E-state index contributed by atoms with van der Waals surface area (Å²) < 4.78 is 18.7. The maximum atomic E-state index is 13.1. The zero-order valence-electron chi connectivity index (χ0n) is 10.3. The number of furan rings is 1. The molecule has 0 aliphatic rings. The Morgan fingerprint density at radius 3 is 2.71 bits per heavy atom. The van der Waals surface area contributed by atoms with Crippen LogP contribution in [0.15, 0.2) is 22.6 Å². The van der Waals surface area contributed by atoms with Gasteiger partial charge in [-0.25, -0.2) is 4.39 Å². The highest BCUT2D eigenvalue weighted by Crippen LogP contribution is 2.32. The van der Waals surface area contributed by atoms with Crippen molar-refractivity contribution < 1.29 is 13.9 Å². The Kier molecular flexibility index (Phi) is 3.20. The monoisotopic (exact) mass is 236 g/mol. The smallest absolute Gasteiger partial charge is 0.136 e. The molecule has 0 spiro atoms. The van der Waals surface area contributed by atoms with Gasteiger partial charge in [0.05, 0.1) is 0 Å². The third-order valence-corrected chi connectivity index (χ3v) is 2.93. The highest BCUT2D eigenvalue weighted by Gasteiger charge is 2.19. The normalized spacial score (nSPS) is 13.5. The Morgan fingerprint density at radius 2 is 2.06 bits per heavy atom. The van der Waals surface area contributed by atoms with Crippen molar-refractivity contribution in [3.05, 3.63) is 35.3 Å². The summed E-state index contributed by atoms with van der Waals surface area (Å²) in [5, 5.41) is 10.8. The van der Waals surface area contributed by atoms with E-state index in [0.717, 1.165) is 10.9 Å². The Hall–Kier alpha value is -1.35. The van der Waals surface area contributed by atoms with Gasteiger partial charge in [-0.2, -0.15) is 0 Å². The first-order valence-electron chi connectivity index (χ1n) is 5.85. The average molecular weight is 236 g/mol. The second-order valence-corrected chi connectivity index (χ2v) is 4.88. The quantitative estimate of drug-likeness (QED) is 0.875. The molecule has 0 aliphatic carbocycles.